The molecule has 8 heteroatoms. The van der Waals surface area contributed by atoms with E-state index in [4.69, 9.17) is 14.0 Å². The number of aliphatic hydroxyl groups is 1. The fourth-order valence-corrected chi connectivity index (χ4v) is 4.31. The standard InChI is InChI=1S/C31H36B2N2O4/c1-34-20-22-37-32(26-6-4-3-5-7-26)28-12-16-30(17-13-28)39-31-18-14-29(15-19-31)33(38-23-21-35-2)27-10-8-25(24-36)9-11-27/h3-19,34-36H,20-24H2,1-2H3. The summed E-state index contributed by atoms with van der Waals surface area (Å²) in [6.45, 7) is 2.41. The number of likely N-dealkylation sites (N-methyl/N-ethyl adjacent to an activating group) is 2. The second-order valence-electron chi connectivity index (χ2n) is 9.26. The first kappa shape index (κ1) is 28.6. The highest BCUT2D eigenvalue weighted by Gasteiger charge is 2.22. The Kier molecular flexibility index (Phi) is 11.2. The summed E-state index contributed by atoms with van der Waals surface area (Å²) in [7, 11) is 3.83. The molecule has 0 saturated carbocycles. The van der Waals surface area contributed by atoms with Gasteiger partial charge in [-0.05, 0) is 65.8 Å². The van der Waals surface area contributed by atoms with Crippen molar-refractivity contribution < 1.29 is 19.2 Å². The van der Waals surface area contributed by atoms with Crippen molar-refractivity contribution in [2.24, 2.45) is 0 Å². The van der Waals surface area contributed by atoms with Crippen LogP contribution in [0.4, 0.5) is 0 Å². The highest BCUT2D eigenvalue weighted by atomic mass is 16.5. The fraction of sp³-hybridized carbons (Fsp3) is 0.226. The van der Waals surface area contributed by atoms with Gasteiger partial charge in [-0.25, -0.2) is 0 Å². The number of hydrogen-bond donors (Lipinski definition) is 3. The minimum absolute atomic E-state index is 0.0227. The Hall–Kier alpha value is -3.39. The molecule has 0 aromatic heterocycles. The minimum atomic E-state index is -0.211. The molecule has 39 heavy (non-hydrogen) atoms. The normalized spacial score (nSPS) is 10.8. The molecule has 0 aliphatic carbocycles. The number of hydrogen-bond acceptors (Lipinski definition) is 6. The van der Waals surface area contributed by atoms with Crippen molar-refractivity contribution in [1.29, 1.82) is 0 Å². The van der Waals surface area contributed by atoms with E-state index in [9.17, 15) is 5.11 Å². The molecule has 0 heterocycles. The predicted octanol–water partition coefficient (Wildman–Crippen LogP) is 1.65. The first-order valence-corrected chi connectivity index (χ1v) is 13.4. The van der Waals surface area contributed by atoms with Crippen LogP contribution in [0.5, 0.6) is 11.5 Å². The molecular weight excluding hydrogens is 486 g/mol. The van der Waals surface area contributed by atoms with Crippen LogP contribution in [0.1, 0.15) is 5.56 Å². The Labute approximate surface area is 232 Å². The molecule has 0 amide bonds. The molecule has 3 N–H and O–H groups in total. The van der Waals surface area contributed by atoms with Crippen LogP contribution in [0.25, 0.3) is 0 Å². The van der Waals surface area contributed by atoms with Crippen LogP contribution in [0.3, 0.4) is 0 Å². The molecule has 0 unspecified atom stereocenters. The topological polar surface area (TPSA) is 72.0 Å². The highest BCUT2D eigenvalue weighted by Crippen LogP contribution is 2.19. The maximum atomic E-state index is 9.39. The third-order valence-corrected chi connectivity index (χ3v) is 6.44. The van der Waals surface area contributed by atoms with E-state index >= 15 is 0 Å². The van der Waals surface area contributed by atoms with Crippen molar-refractivity contribution in [1.82, 2.24) is 10.6 Å². The number of rotatable bonds is 15. The third-order valence-electron chi connectivity index (χ3n) is 6.44. The fourth-order valence-electron chi connectivity index (χ4n) is 4.31. The molecule has 0 saturated heterocycles. The van der Waals surface area contributed by atoms with Gasteiger partial charge < -0.3 is 29.8 Å². The molecule has 0 spiro atoms. The molecule has 4 aromatic rings. The lowest BCUT2D eigenvalue weighted by molar-refractivity contribution is 0.282. The van der Waals surface area contributed by atoms with Gasteiger partial charge in [0.05, 0.1) is 6.61 Å². The largest absolute Gasteiger partial charge is 0.457 e. The van der Waals surface area contributed by atoms with E-state index in [1.807, 2.05) is 93.0 Å². The third kappa shape index (κ3) is 8.30. The van der Waals surface area contributed by atoms with E-state index in [0.29, 0.717) is 13.2 Å². The Bertz CT molecular complexity index is 1240. The molecular formula is C31H36B2N2O4. The average Bonchev–Trinajstić information content (AvgIpc) is 2.99. The van der Waals surface area contributed by atoms with Crippen molar-refractivity contribution in [3.05, 3.63) is 109 Å². The Morgan fingerprint density at radius 1 is 0.564 bits per heavy atom. The molecule has 0 fully saturated rings. The molecule has 0 aliphatic rings. The smallest absolute Gasteiger partial charge is 0.361 e. The number of nitrogens with one attached hydrogen (secondary N) is 2. The lowest BCUT2D eigenvalue weighted by atomic mass is 9.55. The second-order valence-corrected chi connectivity index (χ2v) is 9.26. The molecule has 4 rings (SSSR count). The maximum absolute atomic E-state index is 9.39. The molecule has 0 atom stereocenters. The number of aliphatic hydroxyl groups excluding tert-OH is 1. The molecule has 4 aromatic carbocycles. The molecule has 0 bridgehead atoms. The summed E-state index contributed by atoms with van der Waals surface area (Å²) in [5, 5.41) is 15.6. The van der Waals surface area contributed by atoms with Crippen LogP contribution in [-0.4, -0.2) is 59.3 Å². The summed E-state index contributed by atoms with van der Waals surface area (Å²) in [5.74, 6) is 1.51. The molecule has 200 valence electrons. The van der Waals surface area contributed by atoms with E-state index in [1.54, 1.807) is 0 Å². The van der Waals surface area contributed by atoms with Crippen molar-refractivity contribution in [2.75, 3.05) is 40.4 Å². The van der Waals surface area contributed by atoms with E-state index in [2.05, 4.69) is 34.9 Å². The quantitative estimate of drug-likeness (QED) is 0.163. The summed E-state index contributed by atoms with van der Waals surface area (Å²) in [5.41, 5.74) is 5.15. The van der Waals surface area contributed by atoms with Crippen LogP contribution in [0.15, 0.2) is 103 Å². The highest BCUT2D eigenvalue weighted by molar-refractivity contribution is 6.80. The van der Waals surface area contributed by atoms with Crippen molar-refractivity contribution in [3.8, 4) is 11.5 Å². The first-order chi connectivity index (χ1) is 19.2. The SMILES string of the molecule is CNCCOB(c1ccccc1)c1ccc(Oc2ccc(B(OCCNC)c3ccc(CO)cc3)cc2)cc1. The number of ether oxygens (including phenoxy) is 1. The van der Waals surface area contributed by atoms with Gasteiger partial charge >= 0.3 is 13.8 Å². The maximum Gasteiger partial charge on any atom is 0.361 e. The van der Waals surface area contributed by atoms with Gasteiger partial charge in [-0.2, -0.15) is 0 Å². The van der Waals surface area contributed by atoms with Crippen LogP contribution in [0.2, 0.25) is 0 Å². The summed E-state index contributed by atoms with van der Waals surface area (Å²) >= 11 is 0. The molecule has 0 aliphatic heterocycles. The van der Waals surface area contributed by atoms with Crippen LogP contribution in [0, 0.1) is 0 Å². The van der Waals surface area contributed by atoms with Gasteiger partial charge in [0.1, 0.15) is 11.5 Å². The zero-order valence-electron chi connectivity index (χ0n) is 22.7. The summed E-state index contributed by atoms with van der Waals surface area (Å²) < 4.78 is 18.6. The van der Waals surface area contributed by atoms with Gasteiger partial charge in [0.25, 0.3) is 0 Å². The zero-order valence-corrected chi connectivity index (χ0v) is 22.7. The first-order valence-electron chi connectivity index (χ1n) is 13.4. The van der Waals surface area contributed by atoms with Gasteiger partial charge in [-0.3, -0.25) is 0 Å². The van der Waals surface area contributed by atoms with Crippen molar-refractivity contribution >= 4 is 35.7 Å². The second kappa shape index (κ2) is 15.3. The van der Waals surface area contributed by atoms with Gasteiger partial charge in [0, 0.05) is 26.3 Å². The molecule has 6 nitrogen and oxygen atoms in total. The predicted molar refractivity (Wildman–Crippen MR) is 162 cm³/mol. The van der Waals surface area contributed by atoms with Crippen molar-refractivity contribution in [3.63, 3.8) is 0 Å². The lowest BCUT2D eigenvalue weighted by Crippen LogP contribution is -2.46. The van der Waals surface area contributed by atoms with Crippen LogP contribution < -0.4 is 37.2 Å². The average molecular weight is 522 g/mol. The van der Waals surface area contributed by atoms with E-state index < -0.39 is 0 Å². The summed E-state index contributed by atoms with van der Waals surface area (Å²) in [6.07, 6.45) is 0. The summed E-state index contributed by atoms with van der Waals surface area (Å²) in [6, 6.07) is 34.2. The number of benzene rings is 4. The summed E-state index contributed by atoms with van der Waals surface area (Å²) in [4.78, 5) is 0. The van der Waals surface area contributed by atoms with Crippen LogP contribution in [-0.2, 0) is 15.9 Å². The van der Waals surface area contributed by atoms with E-state index in [0.717, 1.165) is 52.0 Å². The van der Waals surface area contributed by atoms with E-state index in [1.165, 1.54) is 0 Å². The van der Waals surface area contributed by atoms with Gasteiger partial charge in [-0.15, -0.1) is 0 Å². The minimum Gasteiger partial charge on any atom is -0.457 e. The van der Waals surface area contributed by atoms with Gasteiger partial charge in [0.15, 0.2) is 0 Å². The zero-order chi connectivity index (χ0) is 27.3. The Morgan fingerprint density at radius 2 is 0.974 bits per heavy atom. The Morgan fingerprint density at radius 3 is 1.38 bits per heavy atom. The molecule has 0 radical (unpaired) electrons. The Balaban J connectivity index is 1.46. The lowest BCUT2D eigenvalue weighted by Gasteiger charge is -2.17. The van der Waals surface area contributed by atoms with Crippen molar-refractivity contribution in [2.45, 2.75) is 6.61 Å². The van der Waals surface area contributed by atoms with Gasteiger partial charge in [0.2, 0.25) is 0 Å². The van der Waals surface area contributed by atoms with E-state index in [-0.39, 0.29) is 20.4 Å². The van der Waals surface area contributed by atoms with Crippen LogP contribution >= 0.6 is 0 Å². The van der Waals surface area contributed by atoms with Gasteiger partial charge in [-0.1, -0.05) is 78.9 Å². The monoisotopic (exact) mass is 522 g/mol.